The highest BCUT2D eigenvalue weighted by molar-refractivity contribution is 5.17. The molecular formula is C13H15N. The Morgan fingerprint density at radius 3 is 2.36 bits per heavy atom. The number of rotatable bonds is 1. The minimum Gasteiger partial charge on any atom is -0.265 e. The summed E-state index contributed by atoms with van der Waals surface area (Å²) < 4.78 is 0. The van der Waals surface area contributed by atoms with Crippen LogP contribution in [0.15, 0.2) is 24.5 Å². The van der Waals surface area contributed by atoms with Crippen molar-refractivity contribution in [1.82, 2.24) is 4.98 Å². The van der Waals surface area contributed by atoms with Crippen LogP contribution in [0.3, 0.4) is 0 Å². The molecule has 0 amide bonds. The molecule has 1 aromatic heterocycles. The molecule has 1 aromatic rings. The minimum absolute atomic E-state index is 0.521. The molecule has 1 fully saturated rings. The van der Waals surface area contributed by atoms with Crippen LogP contribution in [0.25, 0.3) is 0 Å². The summed E-state index contributed by atoms with van der Waals surface area (Å²) >= 11 is 0. The Labute approximate surface area is 85.6 Å². The van der Waals surface area contributed by atoms with Gasteiger partial charge in [-0.3, -0.25) is 4.98 Å². The molecular weight excluding hydrogens is 170 g/mol. The van der Waals surface area contributed by atoms with E-state index >= 15 is 0 Å². The van der Waals surface area contributed by atoms with Crippen LogP contribution in [-0.2, 0) is 0 Å². The predicted molar refractivity (Wildman–Crippen MR) is 57.8 cm³/mol. The third kappa shape index (κ3) is 1.96. The van der Waals surface area contributed by atoms with Gasteiger partial charge in [0.05, 0.1) is 0 Å². The lowest BCUT2D eigenvalue weighted by molar-refractivity contribution is 0.385. The highest BCUT2D eigenvalue weighted by atomic mass is 14.6. The van der Waals surface area contributed by atoms with Gasteiger partial charge in [-0.25, -0.2) is 0 Å². The van der Waals surface area contributed by atoms with E-state index in [1.807, 2.05) is 12.4 Å². The van der Waals surface area contributed by atoms with Crippen LogP contribution in [0.1, 0.15) is 37.2 Å². The summed E-state index contributed by atoms with van der Waals surface area (Å²) in [4.78, 5) is 4.04. The molecule has 72 valence electrons. The van der Waals surface area contributed by atoms with Gasteiger partial charge >= 0.3 is 0 Å². The fourth-order valence-corrected chi connectivity index (χ4v) is 2.23. The van der Waals surface area contributed by atoms with E-state index < -0.39 is 0 Å². The first-order valence-electron chi connectivity index (χ1n) is 5.26. The van der Waals surface area contributed by atoms with Crippen LogP contribution in [0.4, 0.5) is 0 Å². The summed E-state index contributed by atoms with van der Waals surface area (Å²) in [7, 11) is 0. The summed E-state index contributed by atoms with van der Waals surface area (Å²) in [6, 6.07) is 4.25. The molecule has 0 aliphatic heterocycles. The second kappa shape index (κ2) is 4.28. The van der Waals surface area contributed by atoms with E-state index in [0.29, 0.717) is 11.8 Å². The van der Waals surface area contributed by atoms with E-state index in [0.717, 1.165) is 0 Å². The van der Waals surface area contributed by atoms with Crippen LogP contribution >= 0.6 is 0 Å². The maximum absolute atomic E-state index is 5.43. The number of terminal acetylenes is 1. The van der Waals surface area contributed by atoms with Crippen molar-refractivity contribution in [3.63, 3.8) is 0 Å². The Balaban J connectivity index is 2.00. The Morgan fingerprint density at radius 1 is 1.14 bits per heavy atom. The topological polar surface area (TPSA) is 12.9 Å². The van der Waals surface area contributed by atoms with Crippen LogP contribution in [0.5, 0.6) is 0 Å². The predicted octanol–water partition coefficient (Wildman–Crippen LogP) is 2.99. The normalized spacial score (nSPS) is 26.8. The Bertz CT molecular complexity index is 315. The quantitative estimate of drug-likeness (QED) is 0.613. The first kappa shape index (κ1) is 9.27. The van der Waals surface area contributed by atoms with Gasteiger partial charge in [-0.15, -0.1) is 12.3 Å². The van der Waals surface area contributed by atoms with Gasteiger partial charge in [-0.1, -0.05) is 0 Å². The van der Waals surface area contributed by atoms with Gasteiger partial charge in [0.25, 0.3) is 0 Å². The van der Waals surface area contributed by atoms with Gasteiger partial charge in [0.15, 0.2) is 0 Å². The zero-order valence-corrected chi connectivity index (χ0v) is 8.32. The van der Waals surface area contributed by atoms with E-state index in [4.69, 9.17) is 6.42 Å². The molecule has 0 aromatic carbocycles. The van der Waals surface area contributed by atoms with Crippen molar-refractivity contribution >= 4 is 0 Å². The van der Waals surface area contributed by atoms with Crippen molar-refractivity contribution in [2.75, 3.05) is 0 Å². The molecule has 14 heavy (non-hydrogen) atoms. The fraction of sp³-hybridized carbons (Fsp3) is 0.462. The first-order valence-corrected chi connectivity index (χ1v) is 5.26. The molecule has 0 saturated heterocycles. The Morgan fingerprint density at radius 2 is 1.79 bits per heavy atom. The Kier molecular flexibility index (Phi) is 2.84. The number of nitrogens with zero attached hydrogens (tertiary/aromatic N) is 1. The van der Waals surface area contributed by atoms with E-state index in [1.165, 1.54) is 31.2 Å². The standard InChI is InChI=1S/C13H15N/c1-2-11-3-5-12(6-4-11)13-7-9-14-10-8-13/h1,7-12H,3-6H2. The minimum atomic E-state index is 0.521. The van der Waals surface area contributed by atoms with Gasteiger partial charge in [-0.2, -0.15) is 0 Å². The van der Waals surface area contributed by atoms with Crippen LogP contribution in [-0.4, -0.2) is 4.98 Å². The SMILES string of the molecule is C#CC1CCC(c2ccncc2)CC1. The van der Waals surface area contributed by atoms with Crippen LogP contribution in [0.2, 0.25) is 0 Å². The van der Waals surface area contributed by atoms with Crippen molar-refractivity contribution in [1.29, 1.82) is 0 Å². The summed E-state index contributed by atoms with van der Waals surface area (Å²) in [6.45, 7) is 0. The molecule has 0 atom stereocenters. The molecule has 1 aliphatic rings. The van der Waals surface area contributed by atoms with E-state index in [9.17, 15) is 0 Å². The summed E-state index contributed by atoms with van der Waals surface area (Å²) in [6.07, 6.45) is 14.0. The second-order valence-corrected chi connectivity index (χ2v) is 4.00. The molecule has 0 unspecified atom stereocenters. The lowest BCUT2D eigenvalue weighted by Crippen LogP contribution is -2.11. The third-order valence-electron chi connectivity index (χ3n) is 3.14. The van der Waals surface area contributed by atoms with Gasteiger partial charge in [0.1, 0.15) is 0 Å². The fourth-order valence-electron chi connectivity index (χ4n) is 2.23. The van der Waals surface area contributed by atoms with Gasteiger partial charge in [0.2, 0.25) is 0 Å². The van der Waals surface area contributed by atoms with E-state index in [-0.39, 0.29) is 0 Å². The summed E-state index contributed by atoms with van der Waals surface area (Å²) in [5.74, 6) is 4.10. The largest absolute Gasteiger partial charge is 0.265 e. The molecule has 0 spiro atoms. The van der Waals surface area contributed by atoms with Crippen LogP contribution < -0.4 is 0 Å². The highest BCUT2D eigenvalue weighted by Gasteiger charge is 2.20. The second-order valence-electron chi connectivity index (χ2n) is 4.00. The first-order chi connectivity index (χ1) is 6.90. The zero-order chi connectivity index (χ0) is 9.80. The van der Waals surface area contributed by atoms with Gasteiger partial charge in [0, 0.05) is 18.3 Å². The zero-order valence-electron chi connectivity index (χ0n) is 8.32. The smallest absolute Gasteiger partial charge is 0.0270 e. The highest BCUT2D eigenvalue weighted by Crippen LogP contribution is 2.34. The lowest BCUT2D eigenvalue weighted by atomic mass is 9.79. The number of hydrogen-bond donors (Lipinski definition) is 0. The van der Waals surface area contributed by atoms with Gasteiger partial charge < -0.3 is 0 Å². The van der Waals surface area contributed by atoms with Crippen molar-refractivity contribution in [3.8, 4) is 12.3 Å². The van der Waals surface area contributed by atoms with Crippen molar-refractivity contribution in [2.24, 2.45) is 5.92 Å². The van der Waals surface area contributed by atoms with Gasteiger partial charge in [-0.05, 0) is 49.3 Å². The van der Waals surface area contributed by atoms with E-state index in [2.05, 4.69) is 23.0 Å². The third-order valence-corrected chi connectivity index (χ3v) is 3.14. The summed E-state index contributed by atoms with van der Waals surface area (Å²) in [5.41, 5.74) is 1.43. The molecule has 1 heteroatoms. The van der Waals surface area contributed by atoms with Crippen molar-refractivity contribution in [2.45, 2.75) is 31.6 Å². The maximum Gasteiger partial charge on any atom is 0.0270 e. The molecule has 0 radical (unpaired) electrons. The molecule has 1 nitrogen and oxygen atoms in total. The molecule has 1 aliphatic carbocycles. The van der Waals surface area contributed by atoms with Crippen molar-refractivity contribution < 1.29 is 0 Å². The number of hydrogen-bond acceptors (Lipinski definition) is 1. The monoisotopic (exact) mass is 185 g/mol. The average Bonchev–Trinajstić information content (AvgIpc) is 2.30. The molecule has 0 N–H and O–H groups in total. The van der Waals surface area contributed by atoms with Crippen LogP contribution in [0, 0.1) is 18.3 Å². The number of aromatic nitrogens is 1. The molecule has 2 rings (SSSR count). The lowest BCUT2D eigenvalue weighted by Gasteiger charge is -2.25. The maximum atomic E-state index is 5.43. The Hall–Kier alpha value is -1.29. The average molecular weight is 185 g/mol. The van der Waals surface area contributed by atoms with E-state index in [1.54, 1.807) is 0 Å². The van der Waals surface area contributed by atoms with Crippen molar-refractivity contribution in [3.05, 3.63) is 30.1 Å². The number of pyridine rings is 1. The summed E-state index contributed by atoms with van der Waals surface area (Å²) in [5, 5.41) is 0. The molecule has 1 heterocycles. The molecule has 0 bridgehead atoms. The molecule has 1 saturated carbocycles.